The number of fused-ring (bicyclic) bond motifs is 1. The third-order valence-electron chi connectivity index (χ3n) is 6.88. The van der Waals surface area contributed by atoms with Gasteiger partial charge in [-0.15, -0.1) is 11.8 Å². The van der Waals surface area contributed by atoms with Crippen LogP contribution in [-0.4, -0.2) is 57.9 Å². The number of anilines is 3. The van der Waals surface area contributed by atoms with Gasteiger partial charge in [-0.05, 0) is 64.1 Å². The van der Waals surface area contributed by atoms with E-state index in [9.17, 15) is 4.79 Å². The number of hydrogen-bond acceptors (Lipinski definition) is 7. The molecule has 3 aromatic rings. The average Bonchev–Trinajstić information content (AvgIpc) is 3.39. The third-order valence-corrected chi connectivity index (χ3v) is 8.01. The maximum atomic E-state index is 13.4. The number of thioether (sulfide) groups is 1. The van der Waals surface area contributed by atoms with E-state index in [1.807, 2.05) is 31.4 Å². The van der Waals surface area contributed by atoms with Crippen LogP contribution < -0.4 is 15.8 Å². The first-order valence-electron chi connectivity index (χ1n) is 12.6. The van der Waals surface area contributed by atoms with Crippen molar-refractivity contribution in [1.82, 2.24) is 19.4 Å². The molecular weight excluding hydrogens is 456 g/mol. The average molecular weight is 491 g/mol. The number of nitrogens with zero attached hydrogens (tertiary/aromatic N) is 5. The second-order valence-corrected chi connectivity index (χ2v) is 10.6. The highest BCUT2D eigenvalue weighted by molar-refractivity contribution is 8.08. The molecule has 8 heteroatoms. The molecule has 2 aromatic heterocycles. The van der Waals surface area contributed by atoms with E-state index in [1.54, 1.807) is 11.8 Å². The minimum Gasteiger partial charge on any atom is -0.369 e. The zero-order valence-electron chi connectivity index (χ0n) is 21.0. The molecule has 35 heavy (non-hydrogen) atoms. The van der Waals surface area contributed by atoms with Crippen LogP contribution in [0, 0.1) is 6.92 Å². The lowest BCUT2D eigenvalue weighted by molar-refractivity contribution is 0.271. The van der Waals surface area contributed by atoms with Crippen LogP contribution in [0.2, 0.25) is 0 Å². The van der Waals surface area contributed by atoms with Gasteiger partial charge in [0.2, 0.25) is 5.95 Å². The molecule has 1 N–H and O–H groups in total. The van der Waals surface area contributed by atoms with Crippen LogP contribution in [0.25, 0.3) is 15.9 Å². The standard InChI is InChI=1S/C27H34N6OS/c1-5-31-12-14-32(15-13-31)21-10-8-20(9-11-21)29-27-28-19(4)22-17-23(24-7-6-16-35-24)26(34)33(18(2)3)25(22)30-27/h7-11,17-18H,5-6,12-16H2,1-4H3,(H,28,29,30). The smallest absolute Gasteiger partial charge is 0.260 e. The van der Waals surface area contributed by atoms with Crippen molar-refractivity contribution in [3.05, 3.63) is 58.0 Å². The number of likely N-dealkylation sites (N-methyl/N-ethyl adjacent to an activating group) is 1. The van der Waals surface area contributed by atoms with Crippen molar-refractivity contribution in [2.75, 3.05) is 48.7 Å². The highest BCUT2D eigenvalue weighted by Gasteiger charge is 2.20. The molecule has 0 spiro atoms. The number of pyridine rings is 1. The topological polar surface area (TPSA) is 66.3 Å². The Balaban J connectivity index is 1.44. The van der Waals surface area contributed by atoms with Gasteiger partial charge in [0, 0.05) is 59.6 Å². The highest BCUT2D eigenvalue weighted by atomic mass is 32.2. The highest BCUT2D eigenvalue weighted by Crippen LogP contribution is 2.34. The summed E-state index contributed by atoms with van der Waals surface area (Å²) in [5, 5.41) is 4.28. The predicted molar refractivity (Wildman–Crippen MR) is 148 cm³/mol. The summed E-state index contributed by atoms with van der Waals surface area (Å²) in [6.07, 6.45) is 3.17. The quantitative estimate of drug-likeness (QED) is 0.519. The molecule has 0 amide bonds. The summed E-state index contributed by atoms with van der Waals surface area (Å²) in [6, 6.07) is 10.4. The third kappa shape index (κ3) is 4.82. The molecule has 5 rings (SSSR count). The molecule has 0 aliphatic carbocycles. The number of allylic oxidation sites excluding steroid dienone is 1. The second kappa shape index (κ2) is 10.0. The number of hydrogen-bond donors (Lipinski definition) is 1. The van der Waals surface area contributed by atoms with Crippen molar-refractivity contribution in [2.24, 2.45) is 0 Å². The van der Waals surface area contributed by atoms with E-state index < -0.39 is 0 Å². The Kier molecular flexibility index (Phi) is 6.84. The van der Waals surface area contributed by atoms with Gasteiger partial charge in [-0.2, -0.15) is 4.98 Å². The first-order chi connectivity index (χ1) is 16.9. The molecule has 2 aliphatic rings. The van der Waals surface area contributed by atoms with Crippen LogP contribution in [0.1, 0.15) is 44.5 Å². The van der Waals surface area contributed by atoms with E-state index in [1.165, 1.54) is 5.69 Å². The molecule has 184 valence electrons. The number of aryl methyl sites for hydroxylation is 1. The van der Waals surface area contributed by atoms with E-state index in [4.69, 9.17) is 9.97 Å². The number of rotatable bonds is 6. The number of nitrogens with one attached hydrogen (secondary N) is 1. The predicted octanol–water partition coefficient (Wildman–Crippen LogP) is 5.04. The molecule has 0 bridgehead atoms. The van der Waals surface area contributed by atoms with E-state index in [-0.39, 0.29) is 11.6 Å². The van der Waals surface area contributed by atoms with Gasteiger partial charge in [0.1, 0.15) is 5.65 Å². The first kappa shape index (κ1) is 23.9. The van der Waals surface area contributed by atoms with Gasteiger partial charge >= 0.3 is 0 Å². The van der Waals surface area contributed by atoms with Crippen molar-refractivity contribution in [2.45, 2.75) is 40.2 Å². The molecular formula is C27H34N6OS. The first-order valence-corrected chi connectivity index (χ1v) is 13.5. The van der Waals surface area contributed by atoms with Crippen molar-refractivity contribution in [3.8, 4) is 0 Å². The second-order valence-electron chi connectivity index (χ2n) is 9.50. The number of piperazine rings is 1. The summed E-state index contributed by atoms with van der Waals surface area (Å²) in [7, 11) is 0. The Morgan fingerprint density at radius 2 is 1.83 bits per heavy atom. The molecule has 1 fully saturated rings. The fourth-order valence-corrected chi connectivity index (χ4v) is 5.87. The Morgan fingerprint density at radius 3 is 2.46 bits per heavy atom. The van der Waals surface area contributed by atoms with Gasteiger partial charge in [0.15, 0.2) is 0 Å². The van der Waals surface area contributed by atoms with Crippen LogP contribution >= 0.6 is 11.8 Å². The summed E-state index contributed by atoms with van der Waals surface area (Å²) in [4.78, 5) is 29.0. The Morgan fingerprint density at radius 1 is 1.09 bits per heavy atom. The lowest BCUT2D eigenvalue weighted by atomic mass is 10.1. The van der Waals surface area contributed by atoms with Crippen LogP contribution in [0.3, 0.4) is 0 Å². The lowest BCUT2D eigenvalue weighted by Crippen LogP contribution is -2.46. The summed E-state index contributed by atoms with van der Waals surface area (Å²) >= 11 is 1.75. The maximum Gasteiger partial charge on any atom is 0.260 e. The maximum absolute atomic E-state index is 13.4. The molecule has 0 radical (unpaired) electrons. The Hall–Kier alpha value is -2.84. The Labute approximate surface area is 211 Å². The molecule has 4 heterocycles. The minimum absolute atomic E-state index is 0.00781. The summed E-state index contributed by atoms with van der Waals surface area (Å²) in [6.45, 7) is 13.7. The molecule has 7 nitrogen and oxygen atoms in total. The van der Waals surface area contributed by atoms with Crippen molar-refractivity contribution >= 4 is 45.0 Å². The molecule has 2 aliphatic heterocycles. The fraction of sp³-hybridized carbons (Fsp3) is 0.444. The van der Waals surface area contributed by atoms with Gasteiger partial charge < -0.3 is 15.1 Å². The summed E-state index contributed by atoms with van der Waals surface area (Å²) in [5.41, 5.74) is 4.49. The molecule has 0 atom stereocenters. The summed E-state index contributed by atoms with van der Waals surface area (Å²) in [5.74, 6) is 1.54. The van der Waals surface area contributed by atoms with Crippen LogP contribution in [0.4, 0.5) is 17.3 Å². The summed E-state index contributed by atoms with van der Waals surface area (Å²) < 4.78 is 1.81. The fourth-order valence-electron chi connectivity index (χ4n) is 4.88. The molecule has 1 aromatic carbocycles. The normalized spacial score (nSPS) is 16.8. The minimum atomic E-state index is -0.00781. The van der Waals surface area contributed by atoms with Gasteiger partial charge in [-0.25, -0.2) is 4.98 Å². The van der Waals surface area contributed by atoms with E-state index in [0.29, 0.717) is 11.6 Å². The number of aromatic nitrogens is 3. The zero-order chi connectivity index (χ0) is 24.5. The molecule has 1 saturated heterocycles. The van der Waals surface area contributed by atoms with Gasteiger partial charge in [-0.1, -0.05) is 13.0 Å². The Bertz CT molecular complexity index is 1310. The van der Waals surface area contributed by atoms with Crippen molar-refractivity contribution in [3.63, 3.8) is 0 Å². The van der Waals surface area contributed by atoms with E-state index in [0.717, 1.165) is 72.1 Å². The number of benzene rings is 1. The largest absolute Gasteiger partial charge is 0.369 e. The van der Waals surface area contributed by atoms with Gasteiger partial charge in [0.05, 0.1) is 11.3 Å². The van der Waals surface area contributed by atoms with Crippen molar-refractivity contribution < 1.29 is 0 Å². The monoisotopic (exact) mass is 490 g/mol. The van der Waals surface area contributed by atoms with Gasteiger partial charge in [-0.3, -0.25) is 9.36 Å². The van der Waals surface area contributed by atoms with Crippen LogP contribution in [0.15, 0.2) is 41.2 Å². The van der Waals surface area contributed by atoms with Gasteiger partial charge in [0.25, 0.3) is 5.56 Å². The lowest BCUT2D eigenvalue weighted by Gasteiger charge is -2.35. The van der Waals surface area contributed by atoms with E-state index in [2.05, 4.69) is 52.4 Å². The zero-order valence-corrected chi connectivity index (χ0v) is 21.9. The van der Waals surface area contributed by atoms with Crippen LogP contribution in [-0.2, 0) is 0 Å². The van der Waals surface area contributed by atoms with Crippen LogP contribution in [0.5, 0.6) is 0 Å². The molecule has 0 saturated carbocycles. The van der Waals surface area contributed by atoms with Crippen molar-refractivity contribution in [1.29, 1.82) is 0 Å². The molecule has 0 unspecified atom stereocenters. The SMILES string of the molecule is CCN1CCN(c2ccc(Nc3nc(C)c4cc(C5=CCCS5)c(=O)n(C(C)C)c4n3)cc2)CC1. The van der Waals surface area contributed by atoms with E-state index >= 15 is 0 Å².